The third-order valence-corrected chi connectivity index (χ3v) is 4.28. The summed E-state index contributed by atoms with van der Waals surface area (Å²) in [5, 5.41) is 6.71. The fourth-order valence-electron chi connectivity index (χ4n) is 2.63. The number of amides is 1. The number of methoxy groups -OCH3 is 1. The van der Waals surface area contributed by atoms with Gasteiger partial charge in [0.05, 0.1) is 7.11 Å². The van der Waals surface area contributed by atoms with Gasteiger partial charge in [-0.1, -0.05) is 29.8 Å². The molecule has 0 aliphatic rings. The van der Waals surface area contributed by atoms with Gasteiger partial charge >= 0.3 is 0 Å². The van der Waals surface area contributed by atoms with Gasteiger partial charge in [-0.15, -0.1) is 0 Å². The predicted octanol–water partition coefficient (Wildman–Crippen LogP) is 4.35. The number of benzene rings is 2. The number of carbonyl (C=O) groups is 1. The monoisotopic (exact) mass is 396 g/mol. The highest BCUT2D eigenvalue weighted by molar-refractivity contribution is 6.30. The summed E-state index contributed by atoms with van der Waals surface area (Å²) >= 11 is 5.90. The Balaban J connectivity index is 1.64. The molecule has 2 aromatic carbocycles. The highest BCUT2D eigenvalue weighted by atomic mass is 35.5. The minimum atomic E-state index is -0.306. The lowest BCUT2D eigenvalue weighted by Gasteiger charge is -2.10. The molecule has 0 fully saturated rings. The summed E-state index contributed by atoms with van der Waals surface area (Å²) in [5.74, 6) is 0.783. The van der Waals surface area contributed by atoms with Crippen LogP contribution in [0.2, 0.25) is 5.02 Å². The Bertz CT molecular complexity index is 961. The molecular weight excluding hydrogens is 376 g/mol. The average Bonchev–Trinajstić information content (AvgIpc) is 2.69. The summed E-state index contributed by atoms with van der Waals surface area (Å²) < 4.78 is 5.17. The number of hydrogen-bond donors (Lipinski definition) is 2. The Morgan fingerprint density at radius 1 is 1.11 bits per heavy atom. The maximum absolute atomic E-state index is 12.6. The summed E-state index contributed by atoms with van der Waals surface area (Å²) in [6.07, 6.45) is 0.791. The molecule has 144 valence electrons. The molecule has 0 atom stereocenters. The minimum absolute atomic E-state index is 0.296. The summed E-state index contributed by atoms with van der Waals surface area (Å²) in [6.45, 7) is 2.47. The smallest absolute Gasteiger partial charge is 0.274 e. The van der Waals surface area contributed by atoms with E-state index in [0.717, 1.165) is 12.0 Å². The quantitative estimate of drug-likeness (QED) is 0.620. The van der Waals surface area contributed by atoms with Crippen molar-refractivity contribution in [2.75, 3.05) is 24.3 Å². The molecule has 6 nitrogen and oxygen atoms in total. The van der Waals surface area contributed by atoms with Gasteiger partial charge in [0.2, 0.25) is 5.95 Å². The first-order valence-electron chi connectivity index (χ1n) is 8.83. The maximum Gasteiger partial charge on any atom is 0.274 e. The fourth-order valence-corrected chi connectivity index (χ4v) is 2.76. The number of aryl methyl sites for hydroxylation is 1. The zero-order chi connectivity index (χ0) is 19.9. The zero-order valence-electron chi connectivity index (χ0n) is 15.7. The maximum atomic E-state index is 12.6. The van der Waals surface area contributed by atoms with E-state index in [1.54, 1.807) is 25.3 Å². The summed E-state index contributed by atoms with van der Waals surface area (Å²) in [5.41, 5.74) is 2.79. The van der Waals surface area contributed by atoms with Crippen LogP contribution in [0.25, 0.3) is 0 Å². The van der Waals surface area contributed by atoms with Gasteiger partial charge in [0, 0.05) is 29.0 Å². The van der Waals surface area contributed by atoms with Crippen molar-refractivity contribution in [3.63, 3.8) is 0 Å². The van der Waals surface area contributed by atoms with Gasteiger partial charge in [-0.05, 0) is 49.2 Å². The van der Waals surface area contributed by atoms with Crippen molar-refractivity contribution in [3.05, 3.63) is 76.6 Å². The molecule has 0 unspecified atom stereocenters. The standard InChI is InChI=1S/C21H21ClN4O2/c1-14-12-19(20(27)25-17-4-3-5-18(13-17)28-2)26-21(24-14)23-11-10-15-6-8-16(22)9-7-15/h3-9,12-13H,10-11H2,1-2H3,(H,25,27)(H,23,24,26). The molecule has 0 bridgehead atoms. The molecular formula is C21H21ClN4O2. The molecule has 0 spiro atoms. The number of aromatic nitrogens is 2. The van der Waals surface area contributed by atoms with Gasteiger partial charge < -0.3 is 15.4 Å². The van der Waals surface area contributed by atoms with Crippen LogP contribution in [0.1, 0.15) is 21.7 Å². The number of nitrogens with zero attached hydrogens (tertiary/aromatic N) is 2. The number of hydrogen-bond acceptors (Lipinski definition) is 5. The average molecular weight is 397 g/mol. The Kier molecular flexibility index (Phi) is 6.45. The number of carbonyl (C=O) groups excluding carboxylic acids is 1. The van der Waals surface area contributed by atoms with Crippen LogP contribution in [-0.4, -0.2) is 29.5 Å². The summed E-state index contributed by atoms with van der Waals surface area (Å²) in [6, 6.07) is 16.5. The van der Waals surface area contributed by atoms with Crippen molar-refractivity contribution < 1.29 is 9.53 Å². The first-order valence-corrected chi connectivity index (χ1v) is 9.21. The van der Waals surface area contributed by atoms with Gasteiger partial charge in [-0.25, -0.2) is 9.97 Å². The third-order valence-electron chi connectivity index (χ3n) is 4.02. The number of rotatable bonds is 7. The van der Waals surface area contributed by atoms with E-state index in [1.807, 2.05) is 43.3 Å². The van der Waals surface area contributed by atoms with Crippen molar-refractivity contribution in [1.29, 1.82) is 0 Å². The molecule has 7 heteroatoms. The van der Waals surface area contributed by atoms with Crippen LogP contribution in [0.4, 0.5) is 11.6 Å². The topological polar surface area (TPSA) is 76.1 Å². The second-order valence-electron chi connectivity index (χ2n) is 6.21. The van der Waals surface area contributed by atoms with Crippen molar-refractivity contribution in [2.24, 2.45) is 0 Å². The van der Waals surface area contributed by atoms with Crippen LogP contribution < -0.4 is 15.4 Å². The third kappa shape index (κ3) is 5.44. The van der Waals surface area contributed by atoms with Crippen molar-refractivity contribution >= 4 is 29.1 Å². The molecule has 28 heavy (non-hydrogen) atoms. The fraction of sp³-hybridized carbons (Fsp3) is 0.190. The van der Waals surface area contributed by atoms with Crippen molar-refractivity contribution in [1.82, 2.24) is 9.97 Å². The largest absolute Gasteiger partial charge is 0.497 e. The van der Waals surface area contributed by atoms with Crippen LogP contribution in [0.3, 0.4) is 0 Å². The number of ether oxygens (including phenoxy) is 1. The SMILES string of the molecule is COc1cccc(NC(=O)c2cc(C)nc(NCCc3ccc(Cl)cc3)n2)c1. The van der Waals surface area contributed by atoms with Gasteiger partial charge in [-0.2, -0.15) is 0 Å². The van der Waals surface area contributed by atoms with E-state index in [4.69, 9.17) is 16.3 Å². The highest BCUT2D eigenvalue weighted by Crippen LogP contribution is 2.17. The minimum Gasteiger partial charge on any atom is -0.497 e. The van der Waals surface area contributed by atoms with Crippen LogP contribution in [0.5, 0.6) is 5.75 Å². The van der Waals surface area contributed by atoms with E-state index in [1.165, 1.54) is 0 Å². The molecule has 0 radical (unpaired) electrons. The molecule has 1 amide bonds. The molecule has 2 N–H and O–H groups in total. The van der Waals surface area contributed by atoms with Crippen LogP contribution >= 0.6 is 11.6 Å². The molecule has 0 aliphatic carbocycles. The van der Waals surface area contributed by atoms with E-state index in [-0.39, 0.29) is 5.91 Å². The number of halogens is 1. The Morgan fingerprint density at radius 3 is 2.64 bits per heavy atom. The summed E-state index contributed by atoms with van der Waals surface area (Å²) in [4.78, 5) is 21.2. The van der Waals surface area contributed by atoms with Crippen molar-refractivity contribution in [2.45, 2.75) is 13.3 Å². The van der Waals surface area contributed by atoms with E-state index >= 15 is 0 Å². The zero-order valence-corrected chi connectivity index (χ0v) is 16.5. The van der Waals surface area contributed by atoms with Gasteiger partial charge in [0.1, 0.15) is 11.4 Å². The molecule has 3 aromatic rings. The lowest BCUT2D eigenvalue weighted by Crippen LogP contribution is -2.17. The van der Waals surface area contributed by atoms with Crippen molar-refractivity contribution in [3.8, 4) is 5.75 Å². The Labute approximate surface area is 168 Å². The molecule has 3 rings (SSSR count). The second kappa shape index (κ2) is 9.19. The molecule has 1 aromatic heterocycles. The first kappa shape index (κ1) is 19.6. The molecule has 0 saturated heterocycles. The Hall–Kier alpha value is -3.12. The van der Waals surface area contributed by atoms with Gasteiger partial charge in [0.15, 0.2) is 0 Å². The molecule has 0 aliphatic heterocycles. The first-order chi connectivity index (χ1) is 13.5. The predicted molar refractivity (Wildman–Crippen MR) is 111 cm³/mol. The van der Waals surface area contributed by atoms with Crippen LogP contribution in [-0.2, 0) is 6.42 Å². The van der Waals surface area contributed by atoms with Crippen LogP contribution in [0, 0.1) is 6.92 Å². The van der Waals surface area contributed by atoms with Gasteiger partial charge in [0.25, 0.3) is 5.91 Å². The second-order valence-corrected chi connectivity index (χ2v) is 6.64. The van der Waals surface area contributed by atoms with E-state index < -0.39 is 0 Å². The van der Waals surface area contributed by atoms with Crippen LogP contribution in [0.15, 0.2) is 54.6 Å². The molecule has 0 saturated carbocycles. The normalized spacial score (nSPS) is 10.4. The highest BCUT2D eigenvalue weighted by Gasteiger charge is 2.11. The lowest BCUT2D eigenvalue weighted by molar-refractivity contribution is 0.102. The number of nitrogens with one attached hydrogen (secondary N) is 2. The molecule has 1 heterocycles. The van der Waals surface area contributed by atoms with E-state index in [2.05, 4.69) is 20.6 Å². The summed E-state index contributed by atoms with van der Waals surface area (Å²) in [7, 11) is 1.58. The van der Waals surface area contributed by atoms with E-state index in [0.29, 0.717) is 40.3 Å². The van der Waals surface area contributed by atoms with E-state index in [9.17, 15) is 4.79 Å². The number of anilines is 2. The van der Waals surface area contributed by atoms with Gasteiger partial charge in [-0.3, -0.25) is 4.79 Å². The Morgan fingerprint density at radius 2 is 1.89 bits per heavy atom. The lowest BCUT2D eigenvalue weighted by atomic mass is 10.1.